The van der Waals surface area contributed by atoms with Crippen LogP contribution >= 0.6 is 15.9 Å². The maximum Gasteiger partial charge on any atom is 0.119 e. The van der Waals surface area contributed by atoms with E-state index in [-0.39, 0.29) is 0 Å². The van der Waals surface area contributed by atoms with Gasteiger partial charge in [-0.3, -0.25) is 0 Å². The van der Waals surface area contributed by atoms with Crippen LogP contribution in [0.25, 0.3) is 0 Å². The zero-order valence-corrected chi connectivity index (χ0v) is 10.3. The molecule has 1 saturated heterocycles. The molecule has 1 aromatic rings. The first-order chi connectivity index (χ1) is 7.25. The van der Waals surface area contributed by atoms with Crippen molar-refractivity contribution in [3.63, 3.8) is 0 Å². The zero-order chi connectivity index (χ0) is 10.7. The van der Waals surface area contributed by atoms with E-state index in [2.05, 4.69) is 21.2 Å². The van der Waals surface area contributed by atoms with E-state index in [9.17, 15) is 5.11 Å². The van der Waals surface area contributed by atoms with Crippen LogP contribution in [0.5, 0.6) is 5.75 Å². The van der Waals surface area contributed by atoms with E-state index in [1.165, 1.54) is 12.8 Å². The quantitative estimate of drug-likeness (QED) is 0.866. The molecule has 0 radical (unpaired) electrons. The number of rotatable bonds is 2. The Morgan fingerprint density at radius 2 is 2.33 bits per heavy atom. The number of aromatic hydroxyl groups is 1. The van der Waals surface area contributed by atoms with Gasteiger partial charge in [-0.05, 0) is 56.0 Å². The largest absolute Gasteiger partial charge is 0.508 e. The number of nitrogens with one attached hydrogen (secondary N) is 1. The Hall–Kier alpha value is -0.540. The van der Waals surface area contributed by atoms with Crippen LogP contribution in [0.4, 0.5) is 0 Å². The van der Waals surface area contributed by atoms with Crippen molar-refractivity contribution in [3.05, 3.63) is 28.2 Å². The molecule has 1 aliphatic heterocycles. The minimum atomic E-state index is 0.412. The average molecular weight is 270 g/mol. The minimum absolute atomic E-state index is 0.412. The maximum absolute atomic E-state index is 9.77. The third-order valence-electron chi connectivity index (χ3n) is 2.95. The summed E-state index contributed by atoms with van der Waals surface area (Å²) in [6, 6.07) is 5.77. The molecule has 1 aliphatic rings. The minimum Gasteiger partial charge on any atom is -0.508 e. The summed E-state index contributed by atoms with van der Waals surface area (Å²) >= 11 is 3.35. The van der Waals surface area contributed by atoms with Gasteiger partial charge in [-0.25, -0.2) is 0 Å². The summed E-state index contributed by atoms with van der Waals surface area (Å²) in [6.07, 6.45) is 3.50. The van der Waals surface area contributed by atoms with Gasteiger partial charge in [0.25, 0.3) is 0 Å². The Kier molecular flexibility index (Phi) is 3.65. The summed E-state index contributed by atoms with van der Waals surface area (Å²) in [5.74, 6) is 1.08. The Balaban J connectivity index is 2.03. The molecule has 0 bridgehead atoms. The SMILES string of the molecule is Oc1cc(Br)ccc1CC1CCCNC1. The highest BCUT2D eigenvalue weighted by atomic mass is 79.9. The number of benzene rings is 1. The van der Waals surface area contributed by atoms with Gasteiger partial charge in [-0.1, -0.05) is 22.0 Å². The van der Waals surface area contributed by atoms with Gasteiger partial charge < -0.3 is 10.4 Å². The highest BCUT2D eigenvalue weighted by molar-refractivity contribution is 9.10. The van der Waals surface area contributed by atoms with Crippen molar-refractivity contribution in [2.75, 3.05) is 13.1 Å². The molecular formula is C12H16BrNO. The van der Waals surface area contributed by atoms with Crippen molar-refractivity contribution >= 4 is 15.9 Å². The van der Waals surface area contributed by atoms with Crippen LogP contribution in [0, 0.1) is 5.92 Å². The molecule has 0 amide bonds. The average Bonchev–Trinajstić information content (AvgIpc) is 2.24. The highest BCUT2D eigenvalue weighted by Crippen LogP contribution is 2.26. The van der Waals surface area contributed by atoms with Gasteiger partial charge in [0, 0.05) is 4.47 Å². The molecule has 0 spiro atoms. The smallest absolute Gasteiger partial charge is 0.119 e. The summed E-state index contributed by atoms with van der Waals surface area (Å²) in [4.78, 5) is 0. The Bertz CT molecular complexity index is 334. The lowest BCUT2D eigenvalue weighted by molar-refractivity contribution is 0.370. The number of hydrogen-bond donors (Lipinski definition) is 2. The second-order valence-corrected chi connectivity index (χ2v) is 5.11. The lowest BCUT2D eigenvalue weighted by Crippen LogP contribution is -2.30. The van der Waals surface area contributed by atoms with Gasteiger partial charge in [0.05, 0.1) is 0 Å². The zero-order valence-electron chi connectivity index (χ0n) is 8.67. The van der Waals surface area contributed by atoms with Crippen molar-refractivity contribution in [1.29, 1.82) is 0 Å². The molecule has 0 saturated carbocycles. The van der Waals surface area contributed by atoms with Gasteiger partial charge in [-0.15, -0.1) is 0 Å². The van der Waals surface area contributed by atoms with Gasteiger partial charge in [0.1, 0.15) is 5.75 Å². The molecule has 1 heterocycles. The summed E-state index contributed by atoms with van der Waals surface area (Å²) in [6.45, 7) is 2.22. The van der Waals surface area contributed by atoms with Crippen molar-refractivity contribution < 1.29 is 5.11 Å². The fourth-order valence-electron chi connectivity index (χ4n) is 2.12. The van der Waals surface area contributed by atoms with Crippen molar-refractivity contribution in [3.8, 4) is 5.75 Å². The summed E-state index contributed by atoms with van der Waals surface area (Å²) in [5, 5.41) is 13.2. The van der Waals surface area contributed by atoms with Crippen LogP contribution in [-0.4, -0.2) is 18.2 Å². The molecule has 1 atom stereocenters. The van der Waals surface area contributed by atoms with Gasteiger partial charge in [0.2, 0.25) is 0 Å². The number of phenols is 1. The molecule has 1 unspecified atom stereocenters. The number of halogens is 1. The monoisotopic (exact) mass is 269 g/mol. The summed E-state index contributed by atoms with van der Waals surface area (Å²) in [5.41, 5.74) is 1.06. The first kappa shape index (κ1) is 11.0. The number of hydrogen-bond acceptors (Lipinski definition) is 2. The number of piperidine rings is 1. The molecular weight excluding hydrogens is 254 g/mol. The topological polar surface area (TPSA) is 32.3 Å². The molecule has 3 heteroatoms. The molecule has 1 fully saturated rings. The van der Waals surface area contributed by atoms with Crippen LogP contribution in [0.2, 0.25) is 0 Å². The molecule has 0 aromatic heterocycles. The van der Waals surface area contributed by atoms with Crippen molar-refractivity contribution in [2.45, 2.75) is 19.3 Å². The predicted octanol–water partition coefficient (Wildman–Crippen LogP) is 2.70. The van der Waals surface area contributed by atoms with Crippen LogP contribution in [0.3, 0.4) is 0 Å². The fraction of sp³-hybridized carbons (Fsp3) is 0.500. The van der Waals surface area contributed by atoms with Crippen LogP contribution < -0.4 is 5.32 Å². The number of phenolic OH excluding ortho intramolecular Hbond substituents is 1. The predicted molar refractivity (Wildman–Crippen MR) is 65.1 cm³/mol. The standard InChI is InChI=1S/C12H16BrNO/c13-11-4-3-10(12(15)7-11)6-9-2-1-5-14-8-9/h3-4,7,9,14-15H,1-2,5-6,8H2. The van der Waals surface area contributed by atoms with Crippen molar-refractivity contribution in [1.82, 2.24) is 5.32 Å². The van der Waals surface area contributed by atoms with E-state index in [4.69, 9.17) is 0 Å². The molecule has 2 rings (SSSR count). The molecule has 2 N–H and O–H groups in total. The Labute approximate surface area is 98.8 Å². The first-order valence-electron chi connectivity index (χ1n) is 5.44. The maximum atomic E-state index is 9.77. The lowest BCUT2D eigenvalue weighted by Gasteiger charge is -2.23. The van der Waals surface area contributed by atoms with E-state index < -0.39 is 0 Å². The second-order valence-electron chi connectivity index (χ2n) is 4.19. The van der Waals surface area contributed by atoms with Gasteiger partial charge in [0.15, 0.2) is 0 Å². The third kappa shape index (κ3) is 2.95. The Morgan fingerprint density at radius 1 is 1.47 bits per heavy atom. The normalized spacial score (nSPS) is 21.5. The van der Waals surface area contributed by atoms with E-state index in [0.29, 0.717) is 11.7 Å². The molecule has 2 nitrogen and oxygen atoms in total. The first-order valence-corrected chi connectivity index (χ1v) is 6.23. The summed E-state index contributed by atoms with van der Waals surface area (Å²) in [7, 11) is 0. The molecule has 82 valence electrons. The third-order valence-corrected chi connectivity index (χ3v) is 3.45. The van der Waals surface area contributed by atoms with Crippen LogP contribution in [0.15, 0.2) is 22.7 Å². The highest BCUT2D eigenvalue weighted by Gasteiger charge is 2.15. The van der Waals surface area contributed by atoms with E-state index in [1.54, 1.807) is 6.07 Å². The van der Waals surface area contributed by atoms with Gasteiger partial charge in [-0.2, -0.15) is 0 Å². The van der Waals surface area contributed by atoms with E-state index in [1.807, 2.05) is 12.1 Å². The van der Waals surface area contributed by atoms with Crippen LogP contribution in [0.1, 0.15) is 18.4 Å². The van der Waals surface area contributed by atoms with Crippen molar-refractivity contribution in [2.24, 2.45) is 5.92 Å². The molecule has 15 heavy (non-hydrogen) atoms. The lowest BCUT2D eigenvalue weighted by atomic mass is 9.92. The van der Waals surface area contributed by atoms with Crippen LogP contribution in [-0.2, 0) is 6.42 Å². The van der Waals surface area contributed by atoms with Gasteiger partial charge >= 0.3 is 0 Å². The van der Waals surface area contributed by atoms with E-state index >= 15 is 0 Å². The fourth-order valence-corrected chi connectivity index (χ4v) is 2.47. The molecule has 0 aliphatic carbocycles. The van der Waals surface area contributed by atoms with E-state index in [0.717, 1.165) is 29.5 Å². The second kappa shape index (κ2) is 4.99. The Morgan fingerprint density at radius 3 is 3.00 bits per heavy atom. The summed E-state index contributed by atoms with van der Waals surface area (Å²) < 4.78 is 0.936. The molecule has 1 aromatic carbocycles.